The van der Waals surface area contributed by atoms with E-state index in [1.807, 2.05) is 31.1 Å². The molecule has 1 aromatic heterocycles. The molecule has 0 aliphatic carbocycles. The number of aryl methyl sites for hydroxylation is 1. The monoisotopic (exact) mass is 348 g/mol. The molecular formula is C21H24N4O. The summed E-state index contributed by atoms with van der Waals surface area (Å²) in [6, 6.07) is 14.8. The summed E-state index contributed by atoms with van der Waals surface area (Å²) in [6.45, 7) is 4.15. The topological polar surface area (TPSA) is 50.2 Å². The Labute approximate surface area is 153 Å². The molecule has 1 saturated heterocycles. The van der Waals surface area contributed by atoms with Crippen molar-refractivity contribution in [3.8, 4) is 0 Å². The standard InChI is InChI=1S/C21H24N4O/c1-15-22-11-19(24(15)2)12-23-18-10-21(26)25(14-18)13-17-8-5-7-16-6-3-4-9-20(16)17/h3-9,11,18,23H,10,12-14H2,1-2H3. The Morgan fingerprint density at radius 2 is 2.00 bits per heavy atom. The van der Waals surface area contributed by atoms with Crippen LogP contribution < -0.4 is 5.32 Å². The zero-order valence-electron chi connectivity index (χ0n) is 15.3. The molecular weight excluding hydrogens is 324 g/mol. The highest BCUT2D eigenvalue weighted by atomic mass is 16.2. The molecule has 26 heavy (non-hydrogen) atoms. The van der Waals surface area contributed by atoms with Crippen LogP contribution in [0.4, 0.5) is 0 Å². The molecule has 1 fully saturated rings. The number of rotatable bonds is 5. The summed E-state index contributed by atoms with van der Waals surface area (Å²) in [6.07, 6.45) is 2.45. The Morgan fingerprint density at radius 1 is 1.19 bits per heavy atom. The van der Waals surface area contributed by atoms with E-state index in [4.69, 9.17) is 0 Å². The SMILES string of the molecule is Cc1ncc(CNC2CC(=O)N(Cc3cccc4ccccc34)C2)n1C. The number of amides is 1. The predicted molar refractivity (Wildman–Crippen MR) is 103 cm³/mol. The first-order valence-corrected chi connectivity index (χ1v) is 9.07. The third kappa shape index (κ3) is 3.22. The van der Waals surface area contributed by atoms with Gasteiger partial charge in [-0.05, 0) is 23.3 Å². The Kier molecular flexibility index (Phi) is 4.47. The van der Waals surface area contributed by atoms with Crippen molar-refractivity contribution >= 4 is 16.7 Å². The first kappa shape index (κ1) is 16.8. The molecule has 1 aliphatic heterocycles. The highest BCUT2D eigenvalue weighted by molar-refractivity contribution is 5.86. The molecule has 1 N–H and O–H groups in total. The minimum Gasteiger partial charge on any atom is -0.337 e. The number of aromatic nitrogens is 2. The number of carbonyl (C=O) groups is 1. The lowest BCUT2D eigenvalue weighted by molar-refractivity contribution is -0.128. The highest BCUT2D eigenvalue weighted by Gasteiger charge is 2.29. The minimum atomic E-state index is 0.188. The second-order valence-corrected chi connectivity index (χ2v) is 7.05. The van der Waals surface area contributed by atoms with Gasteiger partial charge in [0.25, 0.3) is 0 Å². The zero-order chi connectivity index (χ0) is 18.1. The maximum Gasteiger partial charge on any atom is 0.224 e. The van der Waals surface area contributed by atoms with E-state index in [2.05, 4.69) is 51.3 Å². The van der Waals surface area contributed by atoms with E-state index in [9.17, 15) is 4.79 Å². The van der Waals surface area contributed by atoms with Gasteiger partial charge in [-0.3, -0.25) is 4.79 Å². The van der Waals surface area contributed by atoms with Crippen LogP contribution in [-0.4, -0.2) is 32.9 Å². The maximum absolute atomic E-state index is 12.5. The molecule has 1 amide bonds. The van der Waals surface area contributed by atoms with E-state index in [1.165, 1.54) is 16.3 Å². The summed E-state index contributed by atoms with van der Waals surface area (Å²) in [5.41, 5.74) is 2.35. The van der Waals surface area contributed by atoms with E-state index < -0.39 is 0 Å². The average molecular weight is 348 g/mol. The number of fused-ring (bicyclic) bond motifs is 1. The van der Waals surface area contributed by atoms with Gasteiger partial charge in [0.15, 0.2) is 0 Å². The van der Waals surface area contributed by atoms with Crippen LogP contribution in [-0.2, 0) is 24.9 Å². The van der Waals surface area contributed by atoms with Crippen LogP contribution in [0, 0.1) is 6.92 Å². The maximum atomic E-state index is 12.5. The van der Waals surface area contributed by atoms with E-state index in [0.29, 0.717) is 13.0 Å². The van der Waals surface area contributed by atoms with Gasteiger partial charge in [-0.1, -0.05) is 42.5 Å². The van der Waals surface area contributed by atoms with Gasteiger partial charge in [0.05, 0.1) is 5.69 Å². The van der Waals surface area contributed by atoms with Gasteiger partial charge in [0.1, 0.15) is 5.82 Å². The van der Waals surface area contributed by atoms with Crippen LogP contribution >= 0.6 is 0 Å². The molecule has 1 atom stereocenters. The van der Waals surface area contributed by atoms with Gasteiger partial charge in [-0.15, -0.1) is 0 Å². The normalized spacial score (nSPS) is 17.4. The van der Waals surface area contributed by atoms with Crippen molar-refractivity contribution < 1.29 is 4.79 Å². The van der Waals surface area contributed by atoms with Gasteiger partial charge < -0.3 is 14.8 Å². The van der Waals surface area contributed by atoms with Crippen LogP contribution in [0.5, 0.6) is 0 Å². The molecule has 5 nitrogen and oxygen atoms in total. The molecule has 0 spiro atoms. The summed E-state index contributed by atoms with van der Waals surface area (Å²) in [5.74, 6) is 1.22. The number of nitrogens with zero attached hydrogens (tertiary/aromatic N) is 3. The molecule has 0 radical (unpaired) electrons. The largest absolute Gasteiger partial charge is 0.337 e. The second kappa shape index (κ2) is 6.92. The van der Waals surface area contributed by atoms with Crippen LogP contribution in [0.1, 0.15) is 23.5 Å². The Balaban J connectivity index is 1.42. The number of imidazole rings is 1. The molecule has 4 rings (SSSR count). The van der Waals surface area contributed by atoms with Crippen molar-refractivity contribution in [2.45, 2.75) is 32.5 Å². The van der Waals surface area contributed by atoms with Crippen molar-refractivity contribution in [1.82, 2.24) is 19.8 Å². The van der Waals surface area contributed by atoms with Gasteiger partial charge in [0.2, 0.25) is 5.91 Å². The molecule has 0 bridgehead atoms. The molecule has 5 heteroatoms. The summed E-state index contributed by atoms with van der Waals surface area (Å²) in [4.78, 5) is 18.8. The Morgan fingerprint density at radius 3 is 2.81 bits per heavy atom. The van der Waals surface area contributed by atoms with Gasteiger partial charge >= 0.3 is 0 Å². The quantitative estimate of drug-likeness (QED) is 0.771. The smallest absolute Gasteiger partial charge is 0.224 e. The zero-order valence-corrected chi connectivity index (χ0v) is 15.3. The molecule has 1 aliphatic rings. The molecule has 2 aromatic carbocycles. The van der Waals surface area contributed by atoms with Crippen molar-refractivity contribution in [3.63, 3.8) is 0 Å². The number of hydrogen-bond acceptors (Lipinski definition) is 3. The molecule has 134 valence electrons. The van der Waals surface area contributed by atoms with E-state index in [0.717, 1.165) is 24.6 Å². The Hall–Kier alpha value is -2.66. The number of carbonyl (C=O) groups excluding carboxylic acids is 1. The fourth-order valence-electron chi connectivity index (χ4n) is 3.66. The first-order valence-electron chi connectivity index (χ1n) is 9.07. The van der Waals surface area contributed by atoms with E-state index >= 15 is 0 Å². The van der Waals surface area contributed by atoms with Crippen molar-refractivity contribution in [1.29, 1.82) is 0 Å². The van der Waals surface area contributed by atoms with Gasteiger partial charge in [0, 0.05) is 45.3 Å². The molecule has 0 saturated carbocycles. The number of likely N-dealkylation sites (tertiary alicyclic amines) is 1. The third-order valence-electron chi connectivity index (χ3n) is 5.34. The summed E-state index contributed by atoms with van der Waals surface area (Å²) in [5, 5.41) is 5.96. The van der Waals surface area contributed by atoms with E-state index in [-0.39, 0.29) is 11.9 Å². The minimum absolute atomic E-state index is 0.188. The average Bonchev–Trinajstić information content (AvgIpc) is 3.16. The number of benzene rings is 2. The van der Waals surface area contributed by atoms with Crippen LogP contribution in [0.3, 0.4) is 0 Å². The molecule has 2 heterocycles. The Bertz CT molecular complexity index is 941. The lowest BCUT2D eigenvalue weighted by Gasteiger charge is -2.18. The molecule has 1 unspecified atom stereocenters. The van der Waals surface area contributed by atoms with Crippen LogP contribution in [0.25, 0.3) is 10.8 Å². The van der Waals surface area contributed by atoms with Gasteiger partial charge in [-0.25, -0.2) is 4.98 Å². The first-order chi connectivity index (χ1) is 12.6. The summed E-state index contributed by atoms with van der Waals surface area (Å²) < 4.78 is 2.08. The van der Waals surface area contributed by atoms with Crippen molar-refractivity contribution in [3.05, 3.63) is 65.7 Å². The molecule has 3 aromatic rings. The highest BCUT2D eigenvalue weighted by Crippen LogP contribution is 2.22. The van der Waals surface area contributed by atoms with E-state index in [1.54, 1.807) is 0 Å². The predicted octanol–water partition coefficient (Wildman–Crippen LogP) is 2.77. The number of nitrogens with one attached hydrogen (secondary N) is 1. The third-order valence-corrected chi connectivity index (χ3v) is 5.34. The fourth-order valence-corrected chi connectivity index (χ4v) is 3.66. The lowest BCUT2D eigenvalue weighted by atomic mass is 10.0. The lowest BCUT2D eigenvalue weighted by Crippen LogP contribution is -2.32. The summed E-state index contributed by atoms with van der Waals surface area (Å²) >= 11 is 0. The fraction of sp³-hybridized carbons (Fsp3) is 0.333. The van der Waals surface area contributed by atoms with Crippen LogP contribution in [0.15, 0.2) is 48.7 Å². The van der Waals surface area contributed by atoms with Gasteiger partial charge in [-0.2, -0.15) is 0 Å². The second-order valence-electron chi connectivity index (χ2n) is 7.05. The van der Waals surface area contributed by atoms with Crippen molar-refractivity contribution in [2.75, 3.05) is 6.54 Å². The van der Waals surface area contributed by atoms with Crippen LogP contribution in [0.2, 0.25) is 0 Å². The summed E-state index contributed by atoms with van der Waals surface area (Å²) in [7, 11) is 2.02. The van der Waals surface area contributed by atoms with Crippen molar-refractivity contribution in [2.24, 2.45) is 7.05 Å². The number of hydrogen-bond donors (Lipinski definition) is 1.